The average molecular weight is 663 g/mol. The van der Waals surface area contributed by atoms with Gasteiger partial charge in [0.2, 0.25) is 5.96 Å². The minimum atomic E-state index is -4.03. The second kappa shape index (κ2) is 13.3. The van der Waals surface area contributed by atoms with Crippen LogP contribution in [0, 0.1) is 20.8 Å². The number of fused-ring (bicyclic) bond motifs is 4. The van der Waals surface area contributed by atoms with Crippen LogP contribution >= 0.6 is 0 Å². The molecule has 3 aromatic rings. The molecule has 0 spiro atoms. The lowest BCUT2D eigenvalue weighted by atomic mass is 9.94. The maximum atomic E-state index is 13.4. The number of benzene rings is 3. The van der Waals surface area contributed by atoms with Gasteiger partial charge in [0, 0.05) is 24.4 Å². The third-order valence-corrected chi connectivity index (χ3v) is 10.5. The van der Waals surface area contributed by atoms with Gasteiger partial charge in [-0.3, -0.25) is 4.99 Å². The summed E-state index contributed by atoms with van der Waals surface area (Å²) in [4.78, 5) is 28.8. The third kappa shape index (κ3) is 7.07. The quantitative estimate of drug-likeness (QED) is 0.125. The topological polar surface area (TPSA) is 169 Å². The van der Waals surface area contributed by atoms with Gasteiger partial charge in [0.15, 0.2) is 0 Å². The maximum absolute atomic E-state index is 13.4. The molecule has 1 atom stereocenters. The molecule has 1 heterocycles. The van der Waals surface area contributed by atoms with Crippen molar-refractivity contribution in [2.75, 3.05) is 13.2 Å². The zero-order chi connectivity index (χ0) is 34.1. The van der Waals surface area contributed by atoms with Crippen LogP contribution < -0.4 is 20.5 Å². The Bertz CT molecular complexity index is 1810. The van der Waals surface area contributed by atoms with E-state index in [1.807, 2.05) is 69.3 Å². The molecule has 1 aliphatic heterocycles. The predicted molar refractivity (Wildman–Crippen MR) is 179 cm³/mol. The van der Waals surface area contributed by atoms with Gasteiger partial charge in [0.05, 0.1) is 4.90 Å². The Morgan fingerprint density at radius 3 is 2.26 bits per heavy atom. The number of carboxylic acid groups (broad SMARTS) is 1. The lowest BCUT2D eigenvalue weighted by molar-refractivity contribution is -0.139. The molecule has 0 fully saturated rings. The van der Waals surface area contributed by atoms with Gasteiger partial charge in [0.1, 0.15) is 24.0 Å². The lowest BCUT2D eigenvalue weighted by Crippen LogP contribution is -2.41. The molecule has 12 heteroatoms. The highest BCUT2D eigenvalue weighted by atomic mass is 32.2. The minimum Gasteiger partial charge on any atom is -0.487 e. The average Bonchev–Trinajstić information content (AvgIpc) is 3.51. The summed E-state index contributed by atoms with van der Waals surface area (Å²) in [7, 11) is -4.03. The fraction of sp³-hybridized carbons (Fsp3) is 0.400. The van der Waals surface area contributed by atoms with E-state index in [1.165, 1.54) is 0 Å². The Morgan fingerprint density at radius 2 is 1.64 bits per heavy atom. The number of hydrogen-bond acceptors (Lipinski definition) is 7. The fourth-order valence-corrected chi connectivity index (χ4v) is 8.09. The summed E-state index contributed by atoms with van der Waals surface area (Å²) in [6.45, 7) is 9.53. The van der Waals surface area contributed by atoms with Crippen molar-refractivity contribution >= 4 is 28.0 Å². The number of nitrogens with zero attached hydrogens (tertiary/aromatic N) is 1. The van der Waals surface area contributed by atoms with E-state index in [-0.39, 0.29) is 36.3 Å². The second-order valence-electron chi connectivity index (χ2n) is 12.8. The maximum Gasteiger partial charge on any atom is 0.407 e. The normalized spacial score (nSPS) is 15.6. The SMILES string of the molecule is Cc1c(C)c(S(=O)(=O)NC(N)=NCCCC[C@@H](NC(=O)OCC2c3ccccc3-c3ccccc32)C(=O)O)c(C)c2c1OC(C)(C)C2. The number of unbranched alkanes of at least 4 members (excludes halogenated alkanes) is 1. The Hall–Kier alpha value is -4.58. The molecule has 0 bridgehead atoms. The van der Waals surface area contributed by atoms with E-state index in [1.54, 1.807) is 13.8 Å². The summed E-state index contributed by atoms with van der Waals surface area (Å²) in [6, 6.07) is 14.7. The second-order valence-corrected chi connectivity index (χ2v) is 14.4. The Morgan fingerprint density at radius 1 is 1.02 bits per heavy atom. The van der Waals surface area contributed by atoms with Crippen molar-refractivity contribution in [1.29, 1.82) is 0 Å². The van der Waals surface area contributed by atoms with Crippen LogP contribution in [-0.4, -0.2) is 56.3 Å². The zero-order valence-electron chi connectivity index (χ0n) is 27.3. The molecule has 5 N–H and O–H groups in total. The van der Waals surface area contributed by atoms with E-state index in [0.717, 1.165) is 39.1 Å². The molecule has 0 unspecified atom stereocenters. The summed E-state index contributed by atoms with van der Waals surface area (Å²) >= 11 is 0. The molecule has 0 saturated heterocycles. The first-order valence-electron chi connectivity index (χ1n) is 15.7. The van der Waals surface area contributed by atoms with Crippen molar-refractivity contribution in [1.82, 2.24) is 10.0 Å². The highest BCUT2D eigenvalue weighted by Gasteiger charge is 2.37. The summed E-state index contributed by atoms with van der Waals surface area (Å²) in [5.41, 5.74) is 12.7. The smallest absolute Gasteiger partial charge is 0.407 e. The fourth-order valence-electron chi connectivity index (χ4n) is 6.57. The number of hydrogen-bond donors (Lipinski definition) is 4. The van der Waals surface area contributed by atoms with E-state index < -0.39 is 33.7 Å². The highest BCUT2D eigenvalue weighted by molar-refractivity contribution is 7.90. The standard InChI is InChI=1S/C35H42N4O7S/c1-20-21(2)31(22(3)27-18-35(4,5)46-30(20)27)47(43,44)39-33(36)37-17-11-10-16-29(32(40)41)38-34(42)45-19-28-25-14-8-6-12-23(25)24-13-7-9-15-26(24)28/h6-9,12-15,28-29H,10-11,16-19H2,1-5H3,(H,38,42)(H,40,41)(H3,36,37,39)/t29-/m1/s1. The lowest BCUT2D eigenvalue weighted by Gasteiger charge is -2.19. The molecular formula is C35H42N4O7S. The van der Waals surface area contributed by atoms with E-state index in [9.17, 15) is 23.1 Å². The number of rotatable bonds is 11. The van der Waals surface area contributed by atoms with Gasteiger partial charge >= 0.3 is 12.1 Å². The molecule has 0 aromatic heterocycles. The number of nitrogens with two attached hydrogens (primary N) is 1. The van der Waals surface area contributed by atoms with Crippen molar-refractivity contribution in [3.05, 3.63) is 81.9 Å². The molecule has 0 saturated carbocycles. The monoisotopic (exact) mass is 662 g/mol. The van der Waals surface area contributed by atoms with Gasteiger partial charge in [-0.25, -0.2) is 22.7 Å². The number of carboxylic acids is 1. The molecule has 5 rings (SSSR count). The van der Waals surface area contributed by atoms with Crippen LogP contribution in [0.4, 0.5) is 4.79 Å². The Balaban J connectivity index is 1.12. The molecular weight excluding hydrogens is 620 g/mol. The van der Waals surface area contributed by atoms with Crippen LogP contribution in [0.1, 0.15) is 72.4 Å². The zero-order valence-corrected chi connectivity index (χ0v) is 28.2. The number of carbonyl (C=O) groups excluding carboxylic acids is 1. The van der Waals surface area contributed by atoms with Crippen LogP contribution in [0.5, 0.6) is 5.75 Å². The predicted octanol–water partition coefficient (Wildman–Crippen LogP) is 5.08. The molecule has 2 aliphatic rings. The molecule has 0 radical (unpaired) electrons. The summed E-state index contributed by atoms with van der Waals surface area (Å²) < 4.78 is 40.7. The Kier molecular flexibility index (Phi) is 9.53. The molecule has 47 heavy (non-hydrogen) atoms. The number of guanidine groups is 1. The van der Waals surface area contributed by atoms with Gasteiger partial charge < -0.3 is 25.6 Å². The molecule has 3 aromatic carbocycles. The first-order chi connectivity index (χ1) is 22.2. The van der Waals surface area contributed by atoms with Crippen molar-refractivity contribution < 1.29 is 32.6 Å². The number of aliphatic imine (C=N–C) groups is 1. The van der Waals surface area contributed by atoms with E-state index in [2.05, 4.69) is 15.0 Å². The van der Waals surface area contributed by atoms with E-state index in [4.69, 9.17) is 15.2 Å². The summed E-state index contributed by atoms with van der Waals surface area (Å²) in [5, 5.41) is 12.1. The molecule has 1 amide bonds. The number of aliphatic carboxylic acids is 1. The van der Waals surface area contributed by atoms with Crippen molar-refractivity contribution in [2.45, 2.75) is 82.8 Å². The van der Waals surface area contributed by atoms with Crippen LogP contribution in [0.2, 0.25) is 0 Å². The van der Waals surface area contributed by atoms with Crippen molar-refractivity contribution in [3.63, 3.8) is 0 Å². The number of ether oxygens (including phenoxy) is 2. The van der Waals surface area contributed by atoms with Crippen molar-refractivity contribution in [3.8, 4) is 16.9 Å². The van der Waals surface area contributed by atoms with Crippen LogP contribution in [0.15, 0.2) is 58.4 Å². The first-order valence-corrected chi connectivity index (χ1v) is 17.2. The van der Waals surface area contributed by atoms with E-state index in [0.29, 0.717) is 30.4 Å². The van der Waals surface area contributed by atoms with E-state index >= 15 is 0 Å². The van der Waals surface area contributed by atoms with Gasteiger partial charge in [-0.15, -0.1) is 0 Å². The van der Waals surface area contributed by atoms with Gasteiger partial charge in [0.25, 0.3) is 10.0 Å². The number of carbonyl (C=O) groups is 2. The van der Waals surface area contributed by atoms with Gasteiger partial charge in [-0.05, 0) is 92.8 Å². The molecule has 1 aliphatic carbocycles. The van der Waals surface area contributed by atoms with Gasteiger partial charge in [-0.2, -0.15) is 0 Å². The minimum absolute atomic E-state index is 0.0753. The van der Waals surface area contributed by atoms with Crippen LogP contribution in [-0.2, 0) is 26.0 Å². The first kappa shape index (κ1) is 33.8. The largest absolute Gasteiger partial charge is 0.487 e. The van der Waals surface area contributed by atoms with Crippen molar-refractivity contribution in [2.24, 2.45) is 10.7 Å². The summed E-state index contributed by atoms with van der Waals surface area (Å²) in [5.74, 6) is -0.847. The third-order valence-electron chi connectivity index (χ3n) is 8.92. The van der Waals surface area contributed by atoms with Crippen LogP contribution in [0.3, 0.4) is 0 Å². The Labute approximate surface area is 275 Å². The number of alkyl carbamates (subject to hydrolysis) is 1. The molecule has 250 valence electrons. The summed E-state index contributed by atoms with van der Waals surface area (Å²) in [6.07, 6.45) is 0.725. The number of amides is 1. The highest BCUT2D eigenvalue weighted by Crippen LogP contribution is 2.45. The van der Waals surface area contributed by atoms with Gasteiger partial charge in [-0.1, -0.05) is 48.5 Å². The van der Waals surface area contributed by atoms with Crippen LogP contribution in [0.25, 0.3) is 11.1 Å². The number of sulfonamides is 1. The molecule has 11 nitrogen and oxygen atoms in total. The number of nitrogens with one attached hydrogen (secondary N) is 2.